The fourth-order valence-corrected chi connectivity index (χ4v) is 3.08. The van der Waals surface area contributed by atoms with Crippen molar-refractivity contribution >= 4 is 40.4 Å². The van der Waals surface area contributed by atoms with E-state index in [1.54, 1.807) is 17.4 Å². The van der Waals surface area contributed by atoms with E-state index in [-0.39, 0.29) is 11.9 Å². The molecule has 1 atom stereocenters. The zero-order chi connectivity index (χ0) is 15.4. The van der Waals surface area contributed by atoms with Crippen LogP contribution in [0, 0.1) is 6.92 Å². The fourth-order valence-electron chi connectivity index (χ4n) is 1.96. The predicted molar refractivity (Wildman–Crippen MR) is 88.2 cm³/mol. The second-order valence-corrected chi connectivity index (χ2v) is 6.64. The topological polar surface area (TPSA) is 42.0 Å². The summed E-state index contributed by atoms with van der Waals surface area (Å²) in [5.41, 5.74) is 1.78. The van der Waals surface area contributed by atoms with Gasteiger partial charge in [-0.2, -0.15) is 0 Å². The van der Waals surface area contributed by atoms with Gasteiger partial charge in [0, 0.05) is 11.8 Å². The van der Waals surface area contributed by atoms with E-state index in [0.29, 0.717) is 22.9 Å². The van der Waals surface area contributed by atoms with Gasteiger partial charge in [0.05, 0.1) is 26.8 Å². The first-order valence-electron chi connectivity index (χ1n) is 6.61. The number of nitrogens with one attached hydrogen (secondary N) is 1. The number of aryl methyl sites for hydroxylation is 2. The molecule has 1 aromatic heterocycles. The Morgan fingerprint density at radius 2 is 2.19 bits per heavy atom. The molecule has 2 aromatic rings. The largest absolute Gasteiger partial charge is 0.348 e. The molecule has 1 N–H and O–H groups in total. The fraction of sp³-hybridized carbons (Fsp3) is 0.333. The van der Waals surface area contributed by atoms with Gasteiger partial charge in [0.25, 0.3) is 0 Å². The van der Waals surface area contributed by atoms with Crippen molar-refractivity contribution in [2.45, 2.75) is 32.7 Å². The van der Waals surface area contributed by atoms with Crippen LogP contribution in [0.3, 0.4) is 0 Å². The number of carbonyl (C=O) groups is 1. The normalized spacial score (nSPS) is 12.2. The van der Waals surface area contributed by atoms with E-state index in [0.717, 1.165) is 16.3 Å². The molecule has 0 saturated carbocycles. The SMILES string of the molecule is Cc1nc(C(C)NC(=O)CCc2cccc(Cl)c2Cl)cs1. The molecule has 112 valence electrons. The lowest BCUT2D eigenvalue weighted by Gasteiger charge is -2.12. The number of carbonyl (C=O) groups excluding carboxylic acids is 1. The summed E-state index contributed by atoms with van der Waals surface area (Å²) in [5.74, 6) is -0.0239. The van der Waals surface area contributed by atoms with Gasteiger partial charge < -0.3 is 5.32 Å². The lowest BCUT2D eigenvalue weighted by Crippen LogP contribution is -2.27. The van der Waals surface area contributed by atoms with Crippen LogP contribution in [0.25, 0.3) is 0 Å². The third kappa shape index (κ3) is 4.43. The minimum absolute atomic E-state index is 0.0239. The van der Waals surface area contributed by atoms with E-state index in [4.69, 9.17) is 23.2 Å². The number of hydrogen-bond donors (Lipinski definition) is 1. The molecule has 1 amide bonds. The highest BCUT2D eigenvalue weighted by molar-refractivity contribution is 7.09. The monoisotopic (exact) mass is 342 g/mol. The van der Waals surface area contributed by atoms with E-state index >= 15 is 0 Å². The Morgan fingerprint density at radius 1 is 1.43 bits per heavy atom. The van der Waals surface area contributed by atoms with E-state index in [1.807, 2.05) is 31.4 Å². The highest BCUT2D eigenvalue weighted by atomic mass is 35.5. The van der Waals surface area contributed by atoms with Crippen molar-refractivity contribution in [3.05, 3.63) is 49.9 Å². The molecular weight excluding hydrogens is 327 g/mol. The van der Waals surface area contributed by atoms with Crippen LogP contribution in [0.2, 0.25) is 10.0 Å². The zero-order valence-corrected chi connectivity index (χ0v) is 14.1. The highest BCUT2D eigenvalue weighted by Crippen LogP contribution is 2.26. The van der Waals surface area contributed by atoms with Gasteiger partial charge in [-0.05, 0) is 31.9 Å². The van der Waals surface area contributed by atoms with E-state index in [9.17, 15) is 4.79 Å². The molecule has 21 heavy (non-hydrogen) atoms. The number of benzene rings is 1. The van der Waals surface area contributed by atoms with Gasteiger partial charge in [0.15, 0.2) is 0 Å². The third-order valence-corrected chi connectivity index (χ3v) is 4.76. The molecule has 2 rings (SSSR count). The second-order valence-electron chi connectivity index (χ2n) is 4.79. The molecular formula is C15H16Cl2N2OS. The van der Waals surface area contributed by atoms with Crippen LogP contribution in [-0.4, -0.2) is 10.9 Å². The maximum absolute atomic E-state index is 12.0. The Bertz CT molecular complexity index is 642. The molecule has 0 aliphatic heterocycles. The number of rotatable bonds is 5. The number of aromatic nitrogens is 1. The molecule has 0 fully saturated rings. The summed E-state index contributed by atoms with van der Waals surface area (Å²) < 4.78 is 0. The summed E-state index contributed by atoms with van der Waals surface area (Å²) in [7, 11) is 0. The summed E-state index contributed by atoms with van der Waals surface area (Å²) in [6.07, 6.45) is 0.932. The second kappa shape index (κ2) is 7.25. The molecule has 6 heteroatoms. The highest BCUT2D eigenvalue weighted by Gasteiger charge is 2.13. The Balaban J connectivity index is 1.89. The third-order valence-electron chi connectivity index (χ3n) is 3.11. The van der Waals surface area contributed by atoms with Gasteiger partial charge >= 0.3 is 0 Å². The molecule has 0 bridgehead atoms. The maximum atomic E-state index is 12.0. The van der Waals surface area contributed by atoms with Gasteiger partial charge in [-0.15, -0.1) is 11.3 Å². The number of halogens is 2. The lowest BCUT2D eigenvalue weighted by molar-refractivity contribution is -0.121. The Hall–Kier alpha value is -1.10. The smallest absolute Gasteiger partial charge is 0.220 e. The number of nitrogens with zero attached hydrogens (tertiary/aromatic N) is 1. The first-order chi connectivity index (χ1) is 9.97. The maximum Gasteiger partial charge on any atom is 0.220 e. The Morgan fingerprint density at radius 3 is 2.86 bits per heavy atom. The minimum Gasteiger partial charge on any atom is -0.348 e. The van der Waals surface area contributed by atoms with Gasteiger partial charge in [-0.25, -0.2) is 4.98 Å². The van der Waals surface area contributed by atoms with E-state index in [2.05, 4.69) is 10.3 Å². The predicted octanol–water partition coefficient (Wildman–Crippen LogP) is 4.57. The van der Waals surface area contributed by atoms with Crippen LogP contribution in [0.1, 0.15) is 35.7 Å². The van der Waals surface area contributed by atoms with Crippen LogP contribution in [0.5, 0.6) is 0 Å². The number of amides is 1. The summed E-state index contributed by atoms with van der Waals surface area (Å²) in [6.45, 7) is 3.88. The molecule has 1 aromatic carbocycles. The number of thiazole rings is 1. The number of hydrogen-bond acceptors (Lipinski definition) is 3. The summed E-state index contributed by atoms with van der Waals surface area (Å²) in [5, 5.41) is 6.94. The van der Waals surface area contributed by atoms with Crippen LogP contribution in [0.4, 0.5) is 0 Å². The van der Waals surface area contributed by atoms with Crippen LogP contribution < -0.4 is 5.32 Å². The molecule has 0 saturated heterocycles. The first kappa shape index (κ1) is 16.3. The van der Waals surface area contributed by atoms with Crippen molar-refractivity contribution < 1.29 is 4.79 Å². The molecule has 3 nitrogen and oxygen atoms in total. The van der Waals surface area contributed by atoms with Crippen LogP contribution in [-0.2, 0) is 11.2 Å². The van der Waals surface area contributed by atoms with Crippen molar-refractivity contribution in [2.24, 2.45) is 0 Å². The van der Waals surface area contributed by atoms with Gasteiger partial charge in [-0.1, -0.05) is 35.3 Å². The minimum atomic E-state index is -0.0858. The van der Waals surface area contributed by atoms with Crippen molar-refractivity contribution in [1.29, 1.82) is 0 Å². The quantitative estimate of drug-likeness (QED) is 0.864. The van der Waals surface area contributed by atoms with Crippen LogP contribution in [0.15, 0.2) is 23.6 Å². The average molecular weight is 343 g/mol. The van der Waals surface area contributed by atoms with Crippen molar-refractivity contribution in [1.82, 2.24) is 10.3 Å². The molecule has 0 radical (unpaired) electrons. The summed E-state index contributed by atoms with van der Waals surface area (Å²) >= 11 is 13.6. The van der Waals surface area contributed by atoms with Gasteiger partial charge in [0.1, 0.15) is 0 Å². The molecule has 0 aliphatic rings. The van der Waals surface area contributed by atoms with Crippen molar-refractivity contribution in [3.8, 4) is 0 Å². The molecule has 0 spiro atoms. The summed E-state index contributed by atoms with van der Waals surface area (Å²) in [4.78, 5) is 16.4. The molecule has 1 unspecified atom stereocenters. The van der Waals surface area contributed by atoms with E-state index in [1.165, 1.54) is 0 Å². The Kier molecular flexibility index (Phi) is 5.62. The Labute approximate surface area is 138 Å². The zero-order valence-electron chi connectivity index (χ0n) is 11.8. The molecule has 0 aliphatic carbocycles. The van der Waals surface area contributed by atoms with E-state index < -0.39 is 0 Å². The molecule has 1 heterocycles. The lowest BCUT2D eigenvalue weighted by atomic mass is 10.1. The summed E-state index contributed by atoms with van der Waals surface area (Å²) in [6, 6.07) is 5.37. The van der Waals surface area contributed by atoms with Gasteiger partial charge in [0.2, 0.25) is 5.91 Å². The first-order valence-corrected chi connectivity index (χ1v) is 8.25. The van der Waals surface area contributed by atoms with Crippen LogP contribution >= 0.6 is 34.5 Å². The van der Waals surface area contributed by atoms with Crippen molar-refractivity contribution in [3.63, 3.8) is 0 Å². The van der Waals surface area contributed by atoms with Crippen molar-refractivity contribution in [2.75, 3.05) is 0 Å². The average Bonchev–Trinajstić information content (AvgIpc) is 2.87. The standard InChI is InChI=1S/C15H16Cl2N2OS/c1-9(13-8-21-10(2)19-13)18-14(20)7-6-11-4-3-5-12(16)15(11)17/h3-5,8-9H,6-7H2,1-2H3,(H,18,20). The van der Waals surface area contributed by atoms with Gasteiger partial charge in [-0.3, -0.25) is 4.79 Å².